The lowest BCUT2D eigenvalue weighted by Crippen LogP contribution is -2.13. The van der Waals surface area contributed by atoms with Gasteiger partial charge in [0.2, 0.25) is 0 Å². The van der Waals surface area contributed by atoms with Gasteiger partial charge in [0.15, 0.2) is 11.5 Å². The number of benzene rings is 1. The molecule has 1 N–H and O–H groups in total. The average Bonchev–Trinajstić information content (AvgIpc) is 2.42. The van der Waals surface area contributed by atoms with Crippen LogP contribution in [0.25, 0.3) is 0 Å². The van der Waals surface area contributed by atoms with Gasteiger partial charge in [-0.2, -0.15) is 0 Å². The third kappa shape index (κ3) is 5.97. The van der Waals surface area contributed by atoms with Gasteiger partial charge in [-0.05, 0) is 44.0 Å². The fourth-order valence-corrected chi connectivity index (χ4v) is 1.79. The number of unbranched alkanes of at least 4 members (excludes halogenated alkanes) is 1. The first-order chi connectivity index (χ1) is 9.31. The van der Waals surface area contributed by atoms with Gasteiger partial charge in [0.05, 0.1) is 13.2 Å². The monoisotopic (exact) mass is 265 g/mol. The van der Waals surface area contributed by atoms with Crippen molar-refractivity contribution < 1.29 is 9.47 Å². The molecule has 3 nitrogen and oxygen atoms in total. The van der Waals surface area contributed by atoms with E-state index < -0.39 is 0 Å². The summed E-state index contributed by atoms with van der Waals surface area (Å²) in [4.78, 5) is 0. The van der Waals surface area contributed by atoms with Crippen molar-refractivity contribution in [3.05, 3.63) is 23.8 Å². The van der Waals surface area contributed by atoms with Gasteiger partial charge in [-0.3, -0.25) is 0 Å². The highest BCUT2D eigenvalue weighted by Gasteiger charge is 2.06. The Morgan fingerprint density at radius 3 is 2.53 bits per heavy atom. The van der Waals surface area contributed by atoms with Gasteiger partial charge < -0.3 is 14.8 Å². The molecule has 0 saturated heterocycles. The molecule has 0 radical (unpaired) electrons. The molecule has 0 amide bonds. The lowest BCUT2D eigenvalue weighted by atomic mass is 10.2. The molecule has 1 rings (SSSR count). The van der Waals surface area contributed by atoms with Crippen molar-refractivity contribution in [1.82, 2.24) is 5.32 Å². The molecule has 19 heavy (non-hydrogen) atoms. The molecule has 108 valence electrons. The average molecular weight is 265 g/mol. The zero-order valence-corrected chi connectivity index (χ0v) is 12.5. The molecule has 3 heteroatoms. The van der Waals surface area contributed by atoms with Gasteiger partial charge >= 0.3 is 0 Å². The van der Waals surface area contributed by atoms with Crippen LogP contribution in [0.3, 0.4) is 0 Å². The highest BCUT2D eigenvalue weighted by atomic mass is 16.5. The molecule has 0 aliphatic heterocycles. The quantitative estimate of drug-likeness (QED) is 0.653. The number of ether oxygens (including phenoxy) is 2. The van der Waals surface area contributed by atoms with E-state index in [2.05, 4.69) is 31.3 Å². The number of hydrogen-bond donors (Lipinski definition) is 1. The second-order valence-corrected chi connectivity index (χ2v) is 4.59. The van der Waals surface area contributed by atoms with Crippen LogP contribution in [0.2, 0.25) is 0 Å². The maximum Gasteiger partial charge on any atom is 0.161 e. The van der Waals surface area contributed by atoms with Gasteiger partial charge in [0.25, 0.3) is 0 Å². The van der Waals surface area contributed by atoms with Crippen molar-refractivity contribution in [2.45, 2.75) is 46.6 Å². The Labute approximate surface area is 117 Å². The predicted molar refractivity (Wildman–Crippen MR) is 80.0 cm³/mol. The van der Waals surface area contributed by atoms with E-state index in [-0.39, 0.29) is 0 Å². The zero-order valence-electron chi connectivity index (χ0n) is 12.5. The molecular weight excluding hydrogens is 238 g/mol. The number of nitrogens with one attached hydrogen (secondary N) is 1. The SMILES string of the molecule is CCCCOc1ccc(CNCCC)cc1OCC. The van der Waals surface area contributed by atoms with Gasteiger partial charge in [-0.25, -0.2) is 0 Å². The van der Waals surface area contributed by atoms with E-state index >= 15 is 0 Å². The largest absolute Gasteiger partial charge is 0.490 e. The van der Waals surface area contributed by atoms with Crippen LogP contribution in [-0.4, -0.2) is 19.8 Å². The van der Waals surface area contributed by atoms with Crippen LogP contribution in [0.1, 0.15) is 45.6 Å². The Morgan fingerprint density at radius 2 is 1.84 bits per heavy atom. The first-order valence-corrected chi connectivity index (χ1v) is 7.41. The molecule has 0 aliphatic rings. The molecule has 0 atom stereocenters. The Hall–Kier alpha value is -1.22. The smallest absolute Gasteiger partial charge is 0.161 e. The van der Waals surface area contributed by atoms with Crippen molar-refractivity contribution in [2.75, 3.05) is 19.8 Å². The zero-order chi connectivity index (χ0) is 13.9. The summed E-state index contributed by atoms with van der Waals surface area (Å²) in [5.74, 6) is 1.71. The van der Waals surface area contributed by atoms with E-state index in [1.54, 1.807) is 0 Å². The lowest BCUT2D eigenvalue weighted by Gasteiger charge is -2.13. The van der Waals surface area contributed by atoms with Gasteiger partial charge in [-0.1, -0.05) is 26.3 Å². The van der Waals surface area contributed by atoms with Crippen LogP contribution in [0.5, 0.6) is 11.5 Å². The summed E-state index contributed by atoms with van der Waals surface area (Å²) in [7, 11) is 0. The predicted octanol–water partition coefficient (Wildman–Crippen LogP) is 3.76. The van der Waals surface area contributed by atoms with Crippen molar-refractivity contribution >= 4 is 0 Å². The minimum atomic E-state index is 0.663. The summed E-state index contributed by atoms with van der Waals surface area (Å²) in [5, 5.41) is 3.40. The van der Waals surface area contributed by atoms with E-state index in [0.29, 0.717) is 6.61 Å². The third-order valence-corrected chi connectivity index (χ3v) is 2.82. The molecule has 1 aromatic carbocycles. The molecule has 1 aromatic rings. The Bertz CT molecular complexity index is 353. The van der Waals surface area contributed by atoms with Crippen LogP contribution >= 0.6 is 0 Å². The first kappa shape index (κ1) is 15.8. The van der Waals surface area contributed by atoms with E-state index in [0.717, 1.165) is 50.5 Å². The van der Waals surface area contributed by atoms with E-state index in [1.165, 1.54) is 5.56 Å². The van der Waals surface area contributed by atoms with Crippen molar-refractivity contribution in [2.24, 2.45) is 0 Å². The van der Waals surface area contributed by atoms with Gasteiger partial charge in [-0.15, -0.1) is 0 Å². The molecule has 0 saturated carbocycles. The van der Waals surface area contributed by atoms with Crippen LogP contribution in [0.15, 0.2) is 18.2 Å². The molecule has 0 aromatic heterocycles. The van der Waals surface area contributed by atoms with Gasteiger partial charge in [0, 0.05) is 6.54 Å². The van der Waals surface area contributed by atoms with Crippen molar-refractivity contribution in [3.8, 4) is 11.5 Å². The molecule has 0 bridgehead atoms. The maximum atomic E-state index is 5.77. The summed E-state index contributed by atoms with van der Waals surface area (Å²) in [6, 6.07) is 6.20. The second kappa shape index (κ2) is 9.68. The molecule has 0 fully saturated rings. The van der Waals surface area contributed by atoms with Crippen molar-refractivity contribution in [1.29, 1.82) is 0 Å². The topological polar surface area (TPSA) is 30.5 Å². The fraction of sp³-hybridized carbons (Fsp3) is 0.625. The number of rotatable bonds is 10. The Morgan fingerprint density at radius 1 is 1.00 bits per heavy atom. The Kier molecular flexibility index (Phi) is 8.07. The van der Waals surface area contributed by atoms with Crippen LogP contribution < -0.4 is 14.8 Å². The molecule has 0 unspecified atom stereocenters. The minimum absolute atomic E-state index is 0.663. The Balaban J connectivity index is 2.64. The highest BCUT2D eigenvalue weighted by Crippen LogP contribution is 2.28. The lowest BCUT2D eigenvalue weighted by molar-refractivity contribution is 0.272. The normalized spacial score (nSPS) is 10.5. The molecule has 0 spiro atoms. The number of hydrogen-bond acceptors (Lipinski definition) is 3. The summed E-state index contributed by atoms with van der Waals surface area (Å²) in [6.45, 7) is 9.66. The van der Waals surface area contributed by atoms with E-state index in [4.69, 9.17) is 9.47 Å². The van der Waals surface area contributed by atoms with E-state index in [9.17, 15) is 0 Å². The maximum absolute atomic E-state index is 5.77. The van der Waals surface area contributed by atoms with E-state index in [1.807, 2.05) is 13.0 Å². The van der Waals surface area contributed by atoms with Crippen molar-refractivity contribution in [3.63, 3.8) is 0 Å². The van der Waals surface area contributed by atoms with Crippen LogP contribution in [-0.2, 0) is 6.54 Å². The van der Waals surface area contributed by atoms with Crippen LogP contribution in [0, 0.1) is 0 Å². The highest BCUT2D eigenvalue weighted by molar-refractivity contribution is 5.43. The molecular formula is C16H27NO2. The summed E-state index contributed by atoms with van der Waals surface area (Å²) in [6.07, 6.45) is 3.37. The molecule has 0 heterocycles. The van der Waals surface area contributed by atoms with Crippen LogP contribution in [0.4, 0.5) is 0 Å². The summed E-state index contributed by atoms with van der Waals surface area (Å²) in [5.41, 5.74) is 1.24. The summed E-state index contributed by atoms with van der Waals surface area (Å²) < 4.78 is 11.4. The summed E-state index contributed by atoms with van der Waals surface area (Å²) >= 11 is 0. The molecule has 0 aliphatic carbocycles. The van der Waals surface area contributed by atoms with Gasteiger partial charge in [0.1, 0.15) is 0 Å². The fourth-order valence-electron chi connectivity index (χ4n) is 1.79. The first-order valence-electron chi connectivity index (χ1n) is 7.41. The second-order valence-electron chi connectivity index (χ2n) is 4.59. The standard InChI is InChI=1S/C16H27NO2/c1-4-7-11-19-15-9-8-14(13-17-10-5-2)12-16(15)18-6-3/h8-9,12,17H,4-7,10-11,13H2,1-3H3. The minimum Gasteiger partial charge on any atom is -0.490 e. The third-order valence-electron chi connectivity index (χ3n) is 2.82.